The zero-order chi connectivity index (χ0) is 11.2. The van der Waals surface area contributed by atoms with Crippen LogP contribution in [0.25, 0.3) is 0 Å². The Bertz CT molecular complexity index is 299. The molecule has 0 radical (unpaired) electrons. The van der Waals surface area contributed by atoms with Crippen molar-refractivity contribution in [1.82, 2.24) is 15.6 Å². The first-order chi connectivity index (χ1) is 7.88. The van der Waals surface area contributed by atoms with E-state index in [-0.39, 0.29) is 0 Å². The number of nitrogens with one attached hydrogen (secondary N) is 2. The molecule has 16 heavy (non-hydrogen) atoms. The minimum absolute atomic E-state index is 0.461. The highest BCUT2D eigenvalue weighted by molar-refractivity contribution is 5.14. The first-order valence-corrected chi connectivity index (χ1v) is 5.81. The third kappa shape index (κ3) is 3.28. The van der Waals surface area contributed by atoms with Gasteiger partial charge in [-0.1, -0.05) is 30.3 Å². The van der Waals surface area contributed by atoms with Crippen molar-refractivity contribution >= 4 is 0 Å². The molecule has 4 N–H and O–H groups in total. The second-order valence-electron chi connectivity index (χ2n) is 4.28. The van der Waals surface area contributed by atoms with Crippen LogP contribution in [0, 0.1) is 0 Å². The van der Waals surface area contributed by atoms with Gasteiger partial charge in [0.25, 0.3) is 0 Å². The summed E-state index contributed by atoms with van der Waals surface area (Å²) < 4.78 is 0. The molecule has 0 spiro atoms. The molecule has 0 saturated carbocycles. The lowest BCUT2D eigenvalue weighted by atomic mass is 10.1. The van der Waals surface area contributed by atoms with Gasteiger partial charge in [0.2, 0.25) is 0 Å². The minimum atomic E-state index is 0.461. The van der Waals surface area contributed by atoms with Crippen LogP contribution < -0.4 is 16.6 Å². The summed E-state index contributed by atoms with van der Waals surface area (Å²) in [5, 5.41) is 3.45. The highest BCUT2D eigenvalue weighted by Crippen LogP contribution is 2.06. The van der Waals surface area contributed by atoms with Crippen LogP contribution in [0.2, 0.25) is 0 Å². The van der Waals surface area contributed by atoms with Gasteiger partial charge in [-0.15, -0.1) is 0 Å². The van der Waals surface area contributed by atoms with Crippen LogP contribution in [0.3, 0.4) is 0 Å². The molecule has 1 heterocycles. The fourth-order valence-corrected chi connectivity index (χ4v) is 2.16. The van der Waals surface area contributed by atoms with Crippen molar-refractivity contribution in [2.24, 2.45) is 5.84 Å². The van der Waals surface area contributed by atoms with Gasteiger partial charge in [0.05, 0.1) is 0 Å². The summed E-state index contributed by atoms with van der Waals surface area (Å²) in [4.78, 5) is 2.47. The van der Waals surface area contributed by atoms with Gasteiger partial charge in [0.15, 0.2) is 0 Å². The quantitative estimate of drug-likeness (QED) is 0.491. The molecule has 1 aromatic rings. The largest absolute Gasteiger partial charge is 0.310 e. The van der Waals surface area contributed by atoms with Crippen molar-refractivity contribution in [3.8, 4) is 0 Å². The second-order valence-corrected chi connectivity index (χ2v) is 4.28. The van der Waals surface area contributed by atoms with Gasteiger partial charge in [-0.05, 0) is 5.56 Å². The monoisotopic (exact) mass is 220 g/mol. The van der Waals surface area contributed by atoms with E-state index in [1.54, 1.807) is 0 Å². The van der Waals surface area contributed by atoms with Gasteiger partial charge in [-0.2, -0.15) is 0 Å². The SMILES string of the molecule is NNCC1CN(Cc2ccccc2)CCN1. The average Bonchev–Trinajstić information content (AvgIpc) is 2.31. The Morgan fingerprint density at radius 2 is 2.19 bits per heavy atom. The maximum atomic E-state index is 5.35. The van der Waals surface area contributed by atoms with E-state index < -0.39 is 0 Å². The van der Waals surface area contributed by atoms with Gasteiger partial charge in [0.1, 0.15) is 0 Å². The normalized spacial score (nSPS) is 22.2. The fourth-order valence-electron chi connectivity index (χ4n) is 2.16. The van der Waals surface area contributed by atoms with Gasteiger partial charge in [0, 0.05) is 38.8 Å². The van der Waals surface area contributed by atoms with Crippen LogP contribution in [0.4, 0.5) is 0 Å². The summed E-state index contributed by atoms with van der Waals surface area (Å²) >= 11 is 0. The molecule has 0 amide bonds. The molecule has 1 saturated heterocycles. The molecule has 1 unspecified atom stereocenters. The topological polar surface area (TPSA) is 53.3 Å². The van der Waals surface area contributed by atoms with E-state index in [2.05, 4.69) is 46.0 Å². The van der Waals surface area contributed by atoms with Crippen LogP contribution in [0.1, 0.15) is 5.56 Å². The summed E-state index contributed by atoms with van der Waals surface area (Å²) in [5.74, 6) is 5.35. The molecule has 4 nitrogen and oxygen atoms in total. The molecule has 1 aliphatic heterocycles. The lowest BCUT2D eigenvalue weighted by molar-refractivity contribution is 0.190. The predicted octanol–water partition coefficient (Wildman–Crippen LogP) is -0.0763. The fraction of sp³-hybridized carbons (Fsp3) is 0.500. The smallest absolute Gasteiger partial charge is 0.0334 e. The molecule has 88 valence electrons. The van der Waals surface area contributed by atoms with E-state index in [1.807, 2.05) is 0 Å². The third-order valence-corrected chi connectivity index (χ3v) is 2.95. The second kappa shape index (κ2) is 5.96. The van der Waals surface area contributed by atoms with Crippen molar-refractivity contribution in [3.05, 3.63) is 35.9 Å². The van der Waals surface area contributed by atoms with Crippen LogP contribution >= 0.6 is 0 Å². The molecule has 1 fully saturated rings. The van der Waals surface area contributed by atoms with Crippen LogP contribution in [-0.4, -0.2) is 37.1 Å². The summed E-state index contributed by atoms with van der Waals surface area (Å²) in [6, 6.07) is 11.1. The number of hydrogen-bond donors (Lipinski definition) is 3. The van der Waals surface area contributed by atoms with Crippen LogP contribution in [0.15, 0.2) is 30.3 Å². The number of hydrazine groups is 1. The van der Waals surface area contributed by atoms with Gasteiger partial charge in [-0.3, -0.25) is 16.2 Å². The lowest BCUT2D eigenvalue weighted by Gasteiger charge is -2.33. The van der Waals surface area contributed by atoms with Crippen molar-refractivity contribution in [2.45, 2.75) is 12.6 Å². The highest BCUT2D eigenvalue weighted by Gasteiger charge is 2.18. The summed E-state index contributed by atoms with van der Waals surface area (Å²) in [6.45, 7) is 5.06. The molecule has 2 rings (SSSR count). The molecule has 0 bridgehead atoms. The van der Waals surface area contributed by atoms with E-state index in [9.17, 15) is 0 Å². The van der Waals surface area contributed by atoms with E-state index in [0.29, 0.717) is 6.04 Å². The number of benzene rings is 1. The molecule has 1 atom stereocenters. The van der Waals surface area contributed by atoms with Crippen LogP contribution in [-0.2, 0) is 6.54 Å². The third-order valence-electron chi connectivity index (χ3n) is 2.95. The highest BCUT2D eigenvalue weighted by atomic mass is 15.3. The maximum absolute atomic E-state index is 5.35. The Kier molecular flexibility index (Phi) is 4.30. The number of nitrogens with two attached hydrogens (primary N) is 1. The van der Waals surface area contributed by atoms with E-state index in [0.717, 1.165) is 32.7 Å². The number of hydrogen-bond acceptors (Lipinski definition) is 4. The lowest BCUT2D eigenvalue weighted by Crippen LogP contribution is -2.54. The zero-order valence-electron chi connectivity index (χ0n) is 9.52. The van der Waals surface area contributed by atoms with E-state index >= 15 is 0 Å². The molecule has 1 aliphatic rings. The van der Waals surface area contributed by atoms with Gasteiger partial charge in [-0.25, -0.2) is 0 Å². The van der Waals surface area contributed by atoms with Crippen molar-refractivity contribution in [3.63, 3.8) is 0 Å². The average molecular weight is 220 g/mol. The number of rotatable bonds is 4. The van der Waals surface area contributed by atoms with Gasteiger partial charge < -0.3 is 5.32 Å². The van der Waals surface area contributed by atoms with Gasteiger partial charge >= 0.3 is 0 Å². The van der Waals surface area contributed by atoms with Crippen molar-refractivity contribution in [1.29, 1.82) is 0 Å². The standard InChI is InChI=1S/C12H20N4/c13-15-8-12-10-16(7-6-14-12)9-11-4-2-1-3-5-11/h1-5,12,14-15H,6-10,13H2. The molecule has 0 aromatic heterocycles. The van der Waals surface area contributed by atoms with Crippen molar-refractivity contribution in [2.75, 3.05) is 26.2 Å². The maximum Gasteiger partial charge on any atom is 0.0334 e. The Balaban J connectivity index is 1.85. The molecular weight excluding hydrogens is 200 g/mol. The Morgan fingerprint density at radius 3 is 2.94 bits per heavy atom. The summed E-state index contributed by atoms with van der Waals surface area (Å²) in [5.41, 5.74) is 4.11. The first kappa shape index (κ1) is 11.5. The molecule has 0 aliphatic carbocycles. The predicted molar refractivity (Wildman–Crippen MR) is 65.7 cm³/mol. The molecule has 4 heteroatoms. The zero-order valence-corrected chi connectivity index (χ0v) is 9.52. The van der Waals surface area contributed by atoms with Crippen molar-refractivity contribution < 1.29 is 0 Å². The molecule has 1 aromatic carbocycles. The van der Waals surface area contributed by atoms with Crippen LogP contribution in [0.5, 0.6) is 0 Å². The van der Waals surface area contributed by atoms with E-state index in [1.165, 1.54) is 5.56 Å². The minimum Gasteiger partial charge on any atom is -0.310 e. The summed E-state index contributed by atoms with van der Waals surface area (Å²) in [6.07, 6.45) is 0. The Labute approximate surface area is 96.8 Å². The van der Waals surface area contributed by atoms with E-state index in [4.69, 9.17) is 5.84 Å². The Hall–Kier alpha value is -0.940. The number of piperazine rings is 1. The molecular formula is C12H20N4. The first-order valence-electron chi connectivity index (χ1n) is 5.81. The summed E-state index contributed by atoms with van der Waals surface area (Å²) in [7, 11) is 0. The number of nitrogens with zero attached hydrogens (tertiary/aromatic N) is 1. The Morgan fingerprint density at radius 1 is 1.38 bits per heavy atom.